The number of benzene rings is 2. The van der Waals surface area contributed by atoms with Crippen molar-refractivity contribution in [3.63, 3.8) is 0 Å². The van der Waals surface area contributed by atoms with Gasteiger partial charge in [-0.1, -0.05) is 12.1 Å². The van der Waals surface area contributed by atoms with Crippen molar-refractivity contribution in [2.24, 2.45) is 0 Å². The molecule has 31 heavy (non-hydrogen) atoms. The van der Waals surface area contributed by atoms with Crippen molar-refractivity contribution in [1.29, 1.82) is 0 Å². The van der Waals surface area contributed by atoms with Crippen LogP contribution in [0.5, 0.6) is 11.5 Å². The number of nitro benzene ring substituents is 1. The minimum Gasteiger partial charge on any atom is -0.493 e. The Kier molecular flexibility index (Phi) is 7.43. The zero-order valence-electron chi connectivity index (χ0n) is 17.9. The molecule has 2 aromatic rings. The summed E-state index contributed by atoms with van der Waals surface area (Å²) in [5, 5.41) is 14.1. The van der Waals surface area contributed by atoms with Crippen LogP contribution in [-0.4, -0.2) is 62.8 Å². The van der Waals surface area contributed by atoms with Gasteiger partial charge in [0.05, 0.1) is 38.4 Å². The number of hydrogen-bond donors (Lipinski definition) is 1. The summed E-state index contributed by atoms with van der Waals surface area (Å²) in [7, 11) is 3.16. The molecular weight excluding hydrogens is 402 g/mol. The van der Waals surface area contributed by atoms with E-state index in [2.05, 4.69) is 10.2 Å². The van der Waals surface area contributed by atoms with E-state index in [4.69, 9.17) is 14.2 Å². The van der Waals surface area contributed by atoms with E-state index in [1.54, 1.807) is 33.3 Å². The molecule has 0 aromatic heterocycles. The normalized spacial score (nSPS) is 15.2. The first-order valence-electron chi connectivity index (χ1n) is 10.0. The molecule has 1 fully saturated rings. The molecule has 1 saturated heterocycles. The van der Waals surface area contributed by atoms with Gasteiger partial charge in [0.1, 0.15) is 0 Å². The fourth-order valence-electron chi connectivity index (χ4n) is 3.65. The summed E-state index contributed by atoms with van der Waals surface area (Å²) < 4.78 is 16.2. The fourth-order valence-corrected chi connectivity index (χ4v) is 3.65. The average Bonchev–Trinajstić information content (AvgIpc) is 2.79. The van der Waals surface area contributed by atoms with E-state index in [9.17, 15) is 14.9 Å². The standard InChI is InChI=1S/C22H27N3O6/c1-15-4-5-17(12-18(15)25(27)28)22(26)23-14-19(24-8-10-31-11-9-24)16-6-7-20(29-2)21(13-16)30-3/h4-7,12-13,19H,8-11,14H2,1-3H3,(H,23,26). The minimum atomic E-state index is -0.480. The highest BCUT2D eigenvalue weighted by atomic mass is 16.6. The number of rotatable bonds is 8. The fraction of sp³-hybridized carbons (Fsp3) is 0.409. The first kappa shape index (κ1) is 22.5. The molecular formula is C22H27N3O6. The summed E-state index contributed by atoms with van der Waals surface area (Å²) in [6.45, 7) is 4.65. The zero-order chi connectivity index (χ0) is 22.4. The molecule has 2 aromatic carbocycles. The van der Waals surface area contributed by atoms with Gasteiger partial charge in [-0.3, -0.25) is 19.8 Å². The lowest BCUT2D eigenvalue weighted by Crippen LogP contribution is -2.43. The Morgan fingerprint density at radius 1 is 1.16 bits per heavy atom. The number of aryl methyl sites for hydroxylation is 1. The molecule has 0 spiro atoms. The molecule has 1 N–H and O–H groups in total. The molecule has 1 amide bonds. The van der Waals surface area contributed by atoms with Gasteiger partial charge in [-0.2, -0.15) is 0 Å². The SMILES string of the molecule is COc1ccc(C(CNC(=O)c2ccc(C)c([N+](=O)[O-])c2)N2CCOCC2)cc1OC. The number of nitrogens with one attached hydrogen (secondary N) is 1. The van der Waals surface area contributed by atoms with E-state index >= 15 is 0 Å². The van der Waals surface area contributed by atoms with Crippen molar-refractivity contribution in [3.05, 3.63) is 63.2 Å². The summed E-state index contributed by atoms with van der Waals surface area (Å²) in [4.78, 5) is 25.7. The van der Waals surface area contributed by atoms with Crippen molar-refractivity contribution in [2.75, 3.05) is 47.1 Å². The third-order valence-corrected chi connectivity index (χ3v) is 5.40. The van der Waals surface area contributed by atoms with Crippen molar-refractivity contribution in [3.8, 4) is 11.5 Å². The van der Waals surface area contributed by atoms with Crippen LogP contribution in [0.3, 0.4) is 0 Å². The molecule has 166 valence electrons. The smallest absolute Gasteiger partial charge is 0.273 e. The molecule has 0 saturated carbocycles. The predicted octanol–water partition coefficient (Wildman–Crippen LogP) is 2.72. The number of carbonyl (C=O) groups is 1. The third kappa shape index (κ3) is 5.31. The van der Waals surface area contributed by atoms with Crippen LogP contribution in [0.1, 0.15) is 27.5 Å². The van der Waals surface area contributed by atoms with Gasteiger partial charge >= 0.3 is 0 Å². The molecule has 9 heteroatoms. The lowest BCUT2D eigenvalue weighted by atomic mass is 10.0. The van der Waals surface area contributed by atoms with Gasteiger partial charge in [-0.05, 0) is 30.7 Å². The van der Waals surface area contributed by atoms with Crippen LogP contribution in [-0.2, 0) is 4.74 Å². The number of methoxy groups -OCH3 is 2. The predicted molar refractivity (Wildman–Crippen MR) is 115 cm³/mol. The molecule has 0 aliphatic carbocycles. The van der Waals surface area contributed by atoms with Crippen molar-refractivity contribution >= 4 is 11.6 Å². The Labute approximate surface area is 181 Å². The number of ether oxygens (including phenoxy) is 3. The van der Waals surface area contributed by atoms with Crippen molar-refractivity contribution in [2.45, 2.75) is 13.0 Å². The first-order chi connectivity index (χ1) is 14.9. The van der Waals surface area contributed by atoms with Gasteiger partial charge < -0.3 is 19.5 Å². The molecule has 1 heterocycles. The van der Waals surface area contributed by atoms with Gasteiger partial charge in [0.15, 0.2) is 11.5 Å². The van der Waals surface area contributed by atoms with Gasteiger partial charge in [0, 0.05) is 36.8 Å². The van der Waals surface area contributed by atoms with E-state index in [-0.39, 0.29) is 23.2 Å². The Bertz CT molecular complexity index is 943. The van der Waals surface area contributed by atoms with Gasteiger partial charge in [0.2, 0.25) is 0 Å². The topological polar surface area (TPSA) is 103 Å². The van der Waals surface area contributed by atoms with Crippen LogP contribution in [0.2, 0.25) is 0 Å². The summed E-state index contributed by atoms with van der Waals surface area (Å²) in [5.74, 6) is 0.878. The maximum atomic E-state index is 12.8. The molecule has 0 bridgehead atoms. The minimum absolute atomic E-state index is 0.0720. The van der Waals surface area contributed by atoms with Gasteiger partial charge in [0.25, 0.3) is 11.6 Å². The van der Waals surface area contributed by atoms with Crippen molar-refractivity contribution in [1.82, 2.24) is 10.2 Å². The Morgan fingerprint density at radius 3 is 2.52 bits per heavy atom. The van der Waals surface area contributed by atoms with Gasteiger partial charge in [-0.25, -0.2) is 0 Å². The largest absolute Gasteiger partial charge is 0.493 e. The van der Waals surface area contributed by atoms with Crippen LogP contribution in [0.4, 0.5) is 5.69 Å². The van der Waals surface area contributed by atoms with E-state index in [1.165, 1.54) is 6.07 Å². The van der Waals surface area contributed by atoms with E-state index in [1.807, 2.05) is 18.2 Å². The second kappa shape index (κ2) is 10.2. The second-order valence-corrected chi connectivity index (χ2v) is 7.25. The maximum absolute atomic E-state index is 12.8. The molecule has 1 aliphatic rings. The number of nitro groups is 1. The zero-order valence-corrected chi connectivity index (χ0v) is 17.9. The third-order valence-electron chi connectivity index (χ3n) is 5.40. The summed E-state index contributed by atoms with van der Waals surface area (Å²) in [5.41, 5.74) is 1.66. The Balaban J connectivity index is 1.82. The second-order valence-electron chi connectivity index (χ2n) is 7.25. The lowest BCUT2D eigenvalue weighted by Gasteiger charge is -2.35. The summed E-state index contributed by atoms with van der Waals surface area (Å²) >= 11 is 0. The summed E-state index contributed by atoms with van der Waals surface area (Å²) in [6.07, 6.45) is 0. The molecule has 1 unspecified atom stereocenters. The number of nitrogens with zero attached hydrogens (tertiary/aromatic N) is 2. The van der Waals surface area contributed by atoms with Crippen LogP contribution < -0.4 is 14.8 Å². The Morgan fingerprint density at radius 2 is 1.87 bits per heavy atom. The van der Waals surface area contributed by atoms with E-state index in [0.29, 0.717) is 36.8 Å². The molecule has 9 nitrogen and oxygen atoms in total. The number of hydrogen-bond acceptors (Lipinski definition) is 7. The van der Waals surface area contributed by atoms with Crippen LogP contribution >= 0.6 is 0 Å². The van der Waals surface area contributed by atoms with Gasteiger partial charge in [-0.15, -0.1) is 0 Å². The number of carbonyl (C=O) groups excluding carboxylic acids is 1. The van der Waals surface area contributed by atoms with Crippen LogP contribution in [0.25, 0.3) is 0 Å². The highest BCUT2D eigenvalue weighted by Crippen LogP contribution is 2.32. The van der Waals surface area contributed by atoms with Crippen LogP contribution in [0.15, 0.2) is 36.4 Å². The quantitative estimate of drug-likeness (QED) is 0.508. The average molecular weight is 429 g/mol. The lowest BCUT2D eigenvalue weighted by molar-refractivity contribution is -0.385. The first-order valence-corrected chi connectivity index (χ1v) is 10.0. The van der Waals surface area contributed by atoms with E-state index < -0.39 is 4.92 Å². The van der Waals surface area contributed by atoms with E-state index in [0.717, 1.165) is 18.7 Å². The molecule has 1 atom stereocenters. The monoisotopic (exact) mass is 429 g/mol. The van der Waals surface area contributed by atoms with Crippen molar-refractivity contribution < 1.29 is 23.9 Å². The summed E-state index contributed by atoms with van der Waals surface area (Å²) in [6, 6.07) is 10.1. The molecule has 1 aliphatic heterocycles. The molecule has 0 radical (unpaired) electrons. The number of amides is 1. The Hall–Kier alpha value is -3.17. The maximum Gasteiger partial charge on any atom is 0.273 e. The van der Waals surface area contributed by atoms with Crippen LogP contribution in [0, 0.1) is 17.0 Å². The highest BCUT2D eigenvalue weighted by Gasteiger charge is 2.25. The number of morpholine rings is 1. The highest BCUT2D eigenvalue weighted by molar-refractivity contribution is 5.95. The molecule has 3 rings (SSSR count).